The number of carbonyl (C=O) groups is 1. The summed E-state index contributed by atoms with van der Waals surface area (Å²) in [6, 6.07) is 0.756. The molecule has 1 fully saturated rings. The number of primary amides is 1. The van der Waals surface area contributed by atoms with Crippen molar-refractivity contribution in [3.05, 3.63) is 17.7 Å². The second-order valence-electron chi connectivity index (χ2n) is 4.43. The van der Waals surface area contributed by atoms with Crippen LogP contribution in [0.5, 0.6) is 0 Å². The minimum absolute atomic E-state index is 0.00134. The van der Waals surface area contributed by atoms with E-state index in [0.29, 0.717) is 0 Å². The van der Waals surface area contributed by atoms with Crippen molar-refractivity contribution in [1.29, 1.82) is 0 Å². The highest BCUT2D eigenvalue weighted by molar-refractivity contribution is 5.83. The molecule has 1 aromatic rings. The number of hydrogen-bond acceptors (Lipinski definition) is 6. The Balaban J connectivity index is 2.43. The Labute approximate surface area is 118 Å². The first kappa shape index (κ1) is 15.3. The summed E-state index contributed by atoms with van der Waals surface area (Å²) in [6.45, 7) is 0.456. The van der Waals surface area contributed by atoms with Gasteiger partial charge in [-0.05, 0) is 12.1 Å². The van der Waals surface area contributed by atoms with E-state index >= 15 is 0 Å². The van der Waals surface area contributed by atoms with Crippen LogP contribution in [0, 0.1) is 0 Å². The van der Waals surface area contributed by atoms with Gasteiger partial charge in [0, 0.05) is 6.54 Å². The number of nitrogens with zero attached hydrogens (tertiary/aromatic N) is 2. The molecule has 1 atom stereocenters. The van der Waals surface area contributed by atoms with Crippen LogP contribution >= 0.6 is 0 Å². The molecule has 10 heteroatoms. The number of alkyl halides is 3. The molecule has 5 N–H and O–H groups in total. The van der Waals surface area contributed by atoms with Gasteiger partial charge in [0.15, 0.2) is 0 Å². The Morgan fingerprint density at radius 3 is 2.76 bits per heavy atom. The first-order valence-corrected chi connectivity index (χ1v) is 6.02. The Hall–Kier alpha value is -2.07. The Bertz CT molecular complexity index is 537. The first-order valence-electron chi connectivity index (χ1n) is 6.02. The topological polar surface area (TPSA) is 106 Å². The molecule has 1 unspecified atom stereocenters. The summed E-state index contributed by atoms with van der Waals surface area (Å²) in [7, 11) is 0. The summed E-state index contributed by atoms with van der Waals surface area (Å²) >= 11 is 0. The van der Waals surface area contributed by atoms with Crippen LogP contribution in [-0.4, -0.2) is 36.7 Å². The Morgan fingerprint density at radius 2 is 2.19 bits per heavy atom. The van der Waals surface area contributed by atoms with Crippen molar-refractivity contribution >= 4 is 17.5 Å². The number of hydrazine groups is 1. The largest absolute Gasteiger partial charge is 0.416 e. The smallest absolute Gasteiger partial charge is 0.377 e. The van der Waals surface area contributed by atoms with Gasteiger partial charge in [0.05, 0.1) is 18.8 Å². The summed E-state index contributed by atoms with van der Waals surface area (Å²) in [5.41, 5.74) is 6.40. The van der Waals surface area contributed by atoms with E-state index in [9.17, 15) is 18.0 Å². The van der Waals surface area contributed by atoms with E-state index in [1.165, 1.54) is 4.90 Å². The monoisotopic (exact) mass is 305 g/mol. The molecule has 0 spiro atoms. The van der Waals surface area contributed by atoms with E-state index in [4.69, 9.17) is 16.3 Å². The average molecular weight is 305 g/mol. The maximum absolute atomic E-state index is 12.9. The summed E-state index contributed by atoms with van der Waals surface area (Å²) in [4.78, 5) is 16.7. The zero-order chi connectivity index (χ0) is 15.6. The van der Waals surface area contributed by atoms with Crippen molar-refractivity contribution in [2.45, 2.75) is 12.2 Å². The first-order chi connectivity index (χ1) is 9.82. The summed E-state index contributed by atoms with van der Waals surface area (Å²) in [5.74, 6) is 4.25. The van der Waals surface area contributed by atoms with Gasteiger partial charge in [0.1, 0.15) is 17.7 Å². The third kappa shape index (κ3) is 3.34. The quantitative estimate of drug-likeness (QED) is 0.539. The fraction of sp³-hybridized carbons (Fsp3) is 0.455. The van der Waals surface area contributed by atoms with Crippen LogP contribution in [-0.2, 0) is 15.7 Å². The second kappa shape index (κ2) is 5.74. The zero-order valence-electron chi connectivity index (χ0n) is 10.9. The summed E-state index contributed by atoms with van der Waals surface area (Å²) in [6.07, 6.45) is -4.56. The number of morpholine rings is 1. The van der Waals surface area contributed by atoms with Crippen LogP contribution in [0.1, 0.15) is 5.56 Å². The van der Waals surface area contributed by atoms with E-state index in [2.05, 4.69) is 10.4 Å². The number of aromatic nitrogens is 1. The number of anilines is 2. The molecule has 1 amide bonds. The van der Waals surface area contributed by atoms with Crippen LogP contribution in [0.4, 0.5) is 24.8 Å². The minimum atomic E-state index is -4.56. The molecule has 1 aliphatic heterocycles. The summed E-state index contributed by atoms with van der Waals surface area (Å²) < 4.78 is 43.7. The third-order valence-electron chi connectivity index (χ3n) is 3.04. The fourth-order valence-electron chi connectivity index (χ4n) is 2.01. The second-order valence-corrected chi connectivity index (χ2v) is 4.43. The number of halogens is 3. The zero-order valence-corrected chi connectivity index (χ0v) is 10.9. The lowest BCUT2D eigenvalue weighted by atomic mass is 10.2. The lowest BCUT2D eigenvalue weighted by Crippen LogP contribution is -2.53. The highest BCUT2D eigenvalue weighted by Crippen LogP contribution is 2.33. The van der Waals surface area contributed by atoms with Crippen LogP contribution in [0.25, 0.3) is 0 Å². The average Bonchev–Trinajstić information content (AvgIpc) is 2.45. The number of rotatable bonds is 3. The van der Waals surface area contributed by atoms with Crippen LogP contribution < -0.4 is 21.9 Å². The van der Waals surface area contributed by atoms with E-state index < -0.39 is 23.7 Å². The van der Waals surface area contributed by atoms with Crippen molar-refractivity contribution in [2.24, 2.45) is 11.6 Å². The molecular formula is C11H14F3N5O2. The lowest BCUT2D eigenvalue weighted by Gasteiger charge is -2.34. The maximum Gasteiger partial charge on any atom is 0.416 e. The van der Waals surface area contributed by atoms with Gasteiger partial charge in [-0.1, -0.05) is 0 Å². The van der Waals surface area contributed by atoms with Crippen molar-refractivity contribution in [3.63, 3.8) is 0 Å². The van der Waals surface area contributed by atoms with Crippen molar-refractivity contribution < 1.29 is 22.7 Å². The number of nitrogens with one attached hydrogen (secondary N) is 1. The molecule has 0 aromatic carbocycles. The van der Waals surface area contributed by atoms with Gasteiger partial charge in [-0.25, -0.2) is 10.8 Å². The molecule has 1 aromatic heterocycles. The van der Waals surface area contributed by atoms with Gasteiger partial charge in [0.2, 0.25) is 5.91 Å². The lowest BCUT2D eigenvalue weighted by molar-refractivity contribution is -0.137. The van der Waals surface area contributed by atoms with Gasteiger partial charge in [-0.2, -0.15) is 13.2 Å². The Kier molecular flexibility index (Phi) is 4.19. The van der Waals surface area contributed by atoms with Gasteiger partial charge in [0.25, 0.3) is 0 Å². The van der Waals surface area contributed by atoms with E-state index in [1.54, 1.807) is 0 Å². The molecule has 1 aliphatic rings. The molecule has 7 nitrogen and oxygen atoms in total. The number of amides is 1. The van der Waals surface area contributed by atoms with E-state index in [0.717, 1.165) is 12.1 Å². The van der Waals surface area contributed by atoms with Crippen molar-refractivity contribution in [2.75, 3.05) is 30.1 Å². The van der Waals surface area contributed by atoms with Crippen molar-refractivity contribution in [3.8, 4) is 0 Å². The predicted molar refractivity (Wildman–Crippen MR) is 68.2 cm³/mol. The molecule has 1 saturated heterocycles. The number of nitrogens with two attached hydrogens (primary N) is 2. The molecule has 0 radical (unpaired) electrons. The number of carbonyl (C=O) groups excluding carboxylic acids is 1. The van der Waals surface area contributed by atoms with E-state index in [-0.39, 0.29) is 31.4 Å². The van der Waals surface area contributed by atoms with Crippen LogP contribution in [0.2, 0.25) is 0 Å². The molecule has 2 rings (SSSR count). The standard InChI is InChI=1S/C11H14F3N5O2/c12-11(13,14)6-3-8(18-16)17-9(4-6)19-1-2-21-5-7(19)10(15)20/h3-4,7H,1-2,5,16H2,(H2,15,20)(H,17,18). The van der Waals surface area contributed by atoms with Gasteiger partial charge >= 0.3 is 6.18 Å². The molecule has 21 heavy (non-hydrogen) atoms. The van der Waals surface area contributed by atoms with Gasteiger partial charge in [-0.3, -0.25) is 4.79 Å². The van der Waals surface area contributed by atoms with Gasteiger partial charge < -0.3 is 20.8 Å². The van der Waals surface area contributed by atoms with Crippen LogP contribution in [0.15, 0.2) is 12.1 Å². The number of pyridine rings is 1. The third-order valence-corrected chi connectivity index (χ3v) is 3.04. The number of nitrogen functional groups attached to an aromatic ring is 1. The maximum atomic E-state index is 12.9. The molecule has 116 valence electrons. The van der Waals surface area contributed by atoms with E-state index in [1.807, 2.05) is 0 Å². The molecule has 0 bridgehead atoms. The highest BCUT2D eigenvalue weighted by Gasteiger charge is 2.34. The Morgan fingerprint density at radius 1 is 1.48 bits per heavy atom. The highest BCUT2D eigenvalue weighted by atomic mass is 19.4. The fourth-order valence-corrected chi connectivity index (χ4v) is 2.01. The minimum Gasteiger partial charge on any atom is -0.377 e. The van der Waals surface area contributed by atoms with Crippen molar-refractivity contribution in [1.82, 2.24) is 4.98 Å². The molecular weight excluding hydrogens is 291 g/mol. The summed E-state index contributed by atoms with van der Waals surface area (Å²) in [5, 5.41) is 0. The number of hydrogen-bond donors (Lipinski definition) is 3. The molecule has 2 heterocycles. The molecule has 0 saturated carbocycles. The predicted octanol–water partition coefficient (Wildman–Crippen LogP) is 0.0765. The van der Waals surface area contributed by atoms with Gasteiger partial charge in [-0.15, -0.1) is 0 Å². The normalized spacial score (nSPS) is 19.4. The van der Waals surface area contributed by atoms with Crippen LogP contribution in [0.3, 0.4) is 0 Å². The molecule has 0 aliphatic carbocycles. The SMILES string of the molecule is NNc1cc(C(F)(F)F)cc(N2CCOCC2C(N)=O)n1. The number of ether oxygens (including phenoxy) is 1.